The van der Waals surface area contributed by atoms with Gasteiger partial charge in [-0.25, -0.2) is 0 Å². The lowest BCUT2D eigenvalue weighted by molar-refractivity contribution is 0.0364. The SMILES string of the molecule is CCC(=NOC(C)COc1ccc(OC(C)CC)cc1)c1ccccn1. The molecule has 0 fully saturated rings. The van der Waals surface area contributed by atoms with Gasteiger partial charge in [0.05, 0.1) is 11.8 Å². The van der Waals surface area contributed by atoms with Gasteiger partial charge in [-0.3, -0.25) is 4.98 Å². The highest BCUT2D eigenvalue weighted by Crippen LogP contribution is 2.19. The minimum absolute atomic E-state index is 0.170. The first-order chi connectivity index (χ1) is 12.6. The smallest absolute Gasteiger partial charge is 0.158 e. The Labute approximate surface area is 156 Å². The zero-order valence-electron chi connectivity index (χ0n) is 16.0. The van der Waals surface area contributed by atoms with Gasteiger partial charge < -0.3 is 14.3 Å². The molecule has 0 aliphatic heterocycles. The van der Waals surface area contributed by atoms with Crippen LogP contribution in [0.15, 0.2) is 53.8 Å². The number of benzene rings is 1. The van der Waals surface area contributed by atoms with Crippen LogP contribution in [-0.4, -0.2) is 29.5 Å². The molecule has 2 rings (SSSR count). The molecule has 2 aromatic rings. The summed E-state index contributed by atoms with van der Waals surface area (Å²) in [4.78, 5) is 9.86. The molecule has 0 saturated carbocycles. The van der Waals surface area contributed by atoms with E-state index in [1.807, 2.05) is 56.3 Å². The van der Waals surface area contributed by atoms with E-state index in [1.165, 1.54) is 0 Å². The maximum absolute atomic E-state index is 5.76. The predicted molar refractivity (Wildman–Crippen MR) is 104 cm³/mol. The quantitative estimate of drug-likeness (QED) is 0.451. The number of aromatic nitrogens is 1. The molecular formula is C21H28N2O3. The van der Waals surface area contributed by atoms with Crippen LogP contribution in [0.1, 0.15) is 46.2 Å². The molecule has 0 bridgehead atoms. The second kappa shape index (κ2) is 10.4. The molecule has 1 aromatic carbocycles. The summed E-state index contributed by atoms with van der Waals surface area (Å²) in [5, 5.41) is 4.23. The predicted octanol–water partition coefficient (Wildman–Crippen LogP) is 4.86. The molecule has 1 aromatic heterocycles. The monoisotopic (exact) mass is 356 g/mol. The highest BCUT2D eigenvalue weighted by Gasteiger charge is 2.08. The Morgan fingerprint density at radius 1 is 1.00 bits per heavy atom. The zero-order chi connectivity index (χ0) is 18.8. The molecular weight excluding hydrogens is 328 g/mol. The summed E-state index contributed by atoms with van der Waals surface area (Å²) in [6.45, 7) is 8.52. The molecule has 0 saturated heterocycles. The van der Waals surface area contributed by atoms with Crippen LogP contribution in [0.2, 0.25) is 0 Å². The summed E-state index contributed by atoms with van der Waals surface area (Å²) < 4.78 is 11.5. The van der Waals surface area contributed by atoms with Crippen LogP contribution < -0.4 is 9.47 Å². The zero-order valence-corrected chi connectivity index (χ0v) is 16.0. The molecule has 0 N–H and O–H groups in total. The summed E-state index contributed by atoms with van der Waals surface area (Å²) in [5.74, 6) is 1.63. The van der Waals surface area contributed by atoms with Gasteiger partial charge >= 0.3 is 0 Å². The molecule has 0 aliphatic carbocycles. The third kappa shape index (κ3) is 6.39. The molecule has 140 valence electrons. The Kier molecular flexibility index (Phi) is 7.93. The van der Waals surface area contributed by atoms with Gasteiger partial charge in [0.1, 0.15) is 23.8 Å². The van der Waals surface area contributed by atoms with Gasteiger partial charge in [0, 0.05) is 6.20 Å². The van der Waals surface area contributed by atoms with Crippen LogP contribution >= 0.6 is 0 Å². The van der Waals surface area contributed by atoms with Crippen LogP contribution in [0, 0.1) is 0 Å². The first-order valence-electron chi connectivity index (χ1n) is 9.16. The van der Waals surface area contributed by atoms with E-state index in [2.05, 4.69) is 24.0 Å². The van der Waals surface area contributed by atoms with Crippen LogP contribution in [0.3, 0.4) is 0 Å². The van der Waals surface area contributed by atoms with Crippen LogP contribution in [0.25, 0.3) is 0 Å². The molecule has 1 heterocycles. The first kappa shape index (κ1) is 19.8. The molecule has 0 spiro atoms. The molecule has 0 radical (unpaired) electrons. The van der Waals surface area contributed by atoms with Crippen molar-refractivity contribution in [1.29, 1.82) is 0 Å². The topological polar surface area (TPSA) is 52.9 Å². The van der Waals surface area contributed by atoms with Crippen molar-refractivity contribution in [1.82, 2.24) is 4.98 Å². The summed E-state index contributed by atoms with van der Waals surface area (Å²) >= 11 is 0. The molecule has 0 amide bonds. The average molecular weight is 356 g/mol. The van der Waals surface area contributed by atoms with E-state index in [-0.39, 0.29) is 12.2 Å². The van der Waals surface area contributed by atoms with Gasteiger partial charge in [-0.05, 0) is 63.1 Å². The molecule has 0 aliphatic rings. The van der Waals surface area contributed by atoms with Crippen LogP contribution in [0.4, 0.5) is 0 Å². The minimum Gasteiger partial charge on any atom is -0.491 e. The number of hydrogen-bond donors (Lipinski definition) is 0. The Bertz CT molecular complexity index is 671. The lowest BCUT2D eigenvalue weighted by atomic mass is 10.2. The van der Waals surface area contributed by atoms with Gasteiger partial charge in [0.25, 0.3) is 0 Å². The Hall–Kier alpha value is -2.56. The van der Waals surface area contributed by atoms with Crippen molar-refractivity contribution in [2.75, 3.05) is 6.61 Å². The summed E-state index contributed by atoms with van der Waals surface area (Å²) in [5.41, 5.74) is 1.66. The van der Waals surface area contributed by atoms with E-state index in [4.69, 9.17) is 14.3 Å². The van der Waals surface area contributed by atoms with E-state index in [0.717, 1.165) is 35.7 Å². The lowest BCUT2D eigenvalue weighted by Gasteiger charge is -2.14. The van der Waals surface area contributed by atoms with Gasteiger partial charge in [0.15, 0.2) is 6.10 Å². The number of hydrogen-bond acceptors (Lipinski definition) is 5. The second-order valence-electron chi connectivity index (χ2n) is 6.14. The number of ether oxygens (including phenoxy) is 2. The number of rotatable bonds is 10. The van der Waals surface area contributed by atoms with Gasteiger partial charge in [-0.15, -0.1) is 0 Å². The van der Waals surface area contributed by atoms with Crippen molar-refractivity contribution < 1.29 is 14.3 Å². The number of nitrogens with zero attached hydrogens (tertiary/aromatic N) is 2. The fourth-order valence-electron chi connectivity index (χ4n) is 2.15. The van der Waals surface area contributed by atoms with Gasteiger partial charge in [-0.2, -0.15) is 0 Å². The summed E-state index contributed by atoms with van der Waals surface area (Å²) in [6, 6.07) is 13.4. The van der Waals surface area contributed by atoms with Crippen molar-refractivity contribution in [2.24, 2.45) is 5.16 Å². The van der Waals surface area contributed by atoms with E-state index >= 15 is 0 Å². The fraction of sp³-hybridized carbons (Fsp3) is 0.429. The van der Waals surface area contributed by atoms with E-state index in [0.29, 0.717) is 6.61 Å². The van der Waals surface area contributed by atoms with E-state index in [1.54, 1.807) is 6.20 Å². The van der Waals surface area contributed by atoms with Crippen molar-refractivity contribution in [3.05, 3.63) is 54.4 Å². The number of pyridine rings is 1. The maximum atomic E-state index is 5.76. The molecule has 5 nitrogen and oxygen atoms in total. The maximum Gasteiger partial charge on any atom is 0.158 e. The Balaban J connectivity index is 1.82. The summed E-state index contributed by atoms with van der Waals surface area (Å²) in [6.07, 6.45) is 3.52. The van der Waals surface area contributed by atoms with Gasteiger partial charge in [0.2, 0.25) is 0 Å². The minimum atomic E-state index is -0.170. The second-order valence-corrected chi connectivity index (χ2v) is 6.14. The largest absolute Gasteiger partial charge is 0.491 e. The van der Waals surface area contributed by atoms with E-state index in [9.17, 15) is 0 Å². The van der Waals surface area contributed by atoms with Crippen LogP contribution in [0.5, 0.6) is 11.5 Å². The Morgan fingerprint density at radius 2 is 1.73 bits per heavy atom. The molecule has 2 unspecified atom stereocenters. The summed E-state index contributed by atoms with van der Waals surface area (Å²) in [7, 11) is 0. The van der Waals surface area contributed by atoms with Crippen molar-refractivity contribution in [2.45, 2.75) is 52.7 Å². The Morgan fingerprint density at radius 3 is 2.35 bits per heavy atom. The van der Waals surface area contributed by atoms with Crippen molar-refractivity contribution >= 4 is 5.71 Å². The fourth-order valence-corrected chi connectivity index (χ4v) is 2.15. The standard InChI is InChI=1S/C21H28N2O3/c1-5-16(3)25-19-12-10-18(11-13-19)24-15-17(4)26-23-20(6-2)21-9-7-8-14-22-21/h7-14,16-17H,5-6,15H2,1-4H3. The third-order valence-corrected chi connectivity index (χ3v) is 3.86. The van der Waals surface area contributed by atoms with Crippen LogP contribution in [-0.2, 0) is 4.84 Å². The average Bonchev–Trinajstić information content (AvgIpc) is 2.68. The number of oxime groups is 1. The first-order valence-corrected chi connectivity index (χ1v) is 9.16. The molecule has 26 heavy (non-hydrogen) atoms. The lowest BCUT2D eigenvalue weighted by Crippen LogP contribution is -2.17. The highest BCUT2D eigenvalue weighted by atomic mass is 16.6. The van der Waals surface area contributed by atoms with E-state index < -0.39 is 0 Å². The van der Waals surface area contributed by atoms with Gasteiger partial charge in [-0.1, -0.05) is 25.1 Å². The molecule has 5 heteroatoms. The highest BCUT2D eigenvalue weighted by molar-refractivity contribution is 5.98. The van der Waals surface area contributed by atoms with Crippen molar-refractivity contribution in [3.8, 4) is 11.5 Å². The van der Waals surface area contributed by atoms with Crippen molar-refractivity contribution in [3.63, 3.8) is 0 Å². The third-order valence-electron chi connectivity index (χ3n) is 3.86. The molecule has 2 atom stereocenters. The normalized spacial score (nSPS) is 13.8.